The topological polar surface area (TPSA) is 91.4 Å². The smallest absolute Gasteiger partial charge is 0.225 e. The zero-order chi connectivity index (χ0) is 19.0. The third-order valence-electron chi connectivity index (χ3n) is 4.08. The van der Waals surface area contributed by atoms with Gasteiger partial charge in [-0.25, -0.2) is 9.37 Å². The fraction of sp³-hybridized carbons (Fsp3) is 0.222. The number of fused-ring (bicyclic) bond motifs is 1. The highest BCUT2D eigenvalue weighted by Gasteiger charge is 2.15. The predicted octanol–water partition coefficient (Wildman–Crippen LogP) is 4.48. The second-order valence-electron chi connectivity index (χ2n) is 6.32. The van der Waals surface area contributed by atoms with Crippen LogP contribution in [-0.2, 0) is 0 Å². The van der Waals surface area contributed by atoms with Gasteiger partial charge in [0.1, 0.15) is 5.82 Å². The second-order valence-corrected chi connectivity index (χ2v) is 7.20. The van der Waals surface area contributed by atoms with Gasteiger partial charge in [0, 0.05) is 11.8 Å². The van der Waals surface area contributed by atoms with Crippen LogP contribution in [0, 0.1) is 19.7 Å². The van der Waals surface area contributed by atoms with Crippen molar-refractivity contribution in [3.63, 3.8) is 0 Å². The van der Waals surface area contributed by atoms with E-state index in [1.807, 2.05) is 26.8 Å². The van der Waals surface area contributed by atoms with Gasteiger partial charge in [-0.15, -0.1) is 11.3 Å². The lowest BCUT2D eigenvalue weighted by Gasteiger charge is -2.14. The van der Waals surface area contributed by atoms with Crippen LogP contribution in [0.25, 0.3) is 10.2 Å². The number of hydrogen-bond donors (Lipinski definition) is 3. The van der Waals surface area contributed by atoms with Gasteiger partial charge in [-0.1, -0.05) is 0 Å². The average Bonchev–Trinajstić information content (AvgIpc) is 3.22. The van der Waals surface area contributed by atoms with E-state index >= 15 is 0 Å². The Morgan fingerprint density at radius 2 is 2.07 bits per heavy atom. The monoisotopic (exact) mass is 383 g/mol. The van der Waals surface area contributed by atoms with Crippen molar-refractivity contribution in [3.8, 4) is 0 Å². The van der Waals surface area contributed by atoms with Crippen LogP contribution in [0.5, 0.6) is 0 Å². The molecule has 4 heterocycles. The first-order valence-electron chi connectivity index (χ1n) is 8.42. The molecule has 0 spiro atoms. The number of halogens is 1. The summed E-state index contributed by atoms with van der Waals surface area (Å²) in [5.74, 6) is 1.49. The molecule has 9 heteroatoms. The number of rotatable bonds is 5. The number of nitrogens with zero attached hydrogens (tertiary/aromatic N) is 4. The van der Waals surface area contributed by atoms with Gasteiger partial charge in [0.25, 0.3) is 0 Å². The molecule has 27 heavy (non-hydrogen) atoms. The summed E-state index contributed by atoms with van der Waals surface area (Å²) in [6, 6.07) is 4.77. The Balaban J connectivity index is 1.68. The summed E-state index contributed by atoms with van der Waals surface area (Å²) < 4.78 is 14.1. The van der Waals surface area contributed by atoms with Crippen LogP contribution in [0.2, 0.25) is 0 Å². The first-order valence-corrected chi connectivity index (χ1v) is 9.30. The first kappa shape index (κ1) is 17.3. The number of aryl methyl sites for hydroxylation is 2. The van der Waals surface area contributed by atoms with Crippen LogP contribution >= 0.6 is 11.3 Å². The Morgan fingerprint density at radius 1 is 1.22 bits per heavy atom. The normalized spacial score (nSPS) is 12.3. The molecule has 0 bridgehead atoms. The molecule has 1 atom stereocenters. The van der Waals surface area contributed by atoms with Gasteiger partial charge in [0.2, 0.25) is 5.95 Å². The van der Waals surface area contributed by atoms with E-state index in [1.165, 1.54) is 12.3 Å². The number of pyridine rings is 1. The summed E-state index contributed by atoms with van der Waals surface area (Å²) in [4.78, 5) is 13.4. The Morgan fingerprint density at radius 3 is 2.78 bits per heavy atom. The molecule has 0 saturated carbocycles. The van der Waals surface area contributed by atoms with E-state index in [1.54, 1.807) is 17.4 Å². The standard InChI is InChI=1S/C18H18FN7S/c1-9-8-27-16-15(9)23-18(21-11(3)13-5-4-12(19)7-20-13)24-17(16)22-14-6-10(2)25-26-14/h4-8,11H,1-3H3,(H3,21,22,23,24,25,26)/t11-/m0/s1. The van der Waals surface area contributed by atoms with Gasteiger partial charge < -0.3 is 10.6 Å². The predicted molar refractivity (Wildman–Crippen MR) is 105 cm³/mol. The molecular formula is C18H18FN7S. The summed E-state index contributed by atoms with van der Waals surface area (Å²) in [6.45, 7) is 5.88. The van der Waals surface area contributed by atoms with E-state index in [0.717, 1.165) is 21.5 Å². The number of hydrogen-bond acceptors (Lipinski definition) is 7. The number of thiophene rings is 1. The third-order valence-corrected chi connectivity index (χ3v) is 5.18. The molecule has 7 nitrogen and oxygen atoms in total. The van der Waals surface area contributed by atoms with Crippen molar-refractivity contribution in [2.24, 2.45) is 0 Å². The highest BCUT2D eigenvalue weighted by Crippen LogP contribution is 2.32. The molecule has 0 fully saturated rings. The number of aromatic nitrogens is 5. The summed E-state index contributed by atoms with van der Waals surface area (Å²) in [7, 11) is 0. The SMILES string of the molecule is Cc1cc(Nc2nc(N[C@@H](C)c3ccc(F)cn3)nc3c(C)csc23)n[nH]1. The molecule has 0 amide bonds. The lowest BCUT2D eigenvalue weighted by atomic mass is 10.2. The van der Waals surface area contributed by atoms with Gasteiger partial charge in [-0.3, -0.25) is 10.1 Å². The molecule has 0 radical (unpaired) electrons. The van der Waals surface area contributed by atoms with Crippen LogP contribution in [0.1, 0.15) is 29.9 Å². The minimum atomic E-state index is -0.363. The van der Waals surface area contributed by atoms with E-state index in [2.05, 4.69) is 41.2 Å². The van der Waals surface area contributed by atoms with Crippen molar-refractivity contribution in [1.29, 1.82) is 0 Å². The maximum Gasteiger partial charge on any atom is 0.225 e. The highest BCUT2D eigenvalue weighted by molar-refractivity contribution is 7.18. The van der Waals surface area contributed by atoms with Crippen LogP contribution in [0.15, 0.2) is 29.8 Å². The van der Waals surface area contributed by atoms with Gasteiger partial charge in [-0.2, -0.15) is 10.1 Å². The number of H-pyrrole nitrogens is 1. The number of aromatic amines is 1. The Kier molecular flexibility index (Phi) is 4.44. The van der Waals surface area contributed by atoms with Crippen molar-refractivity contribution in [2.75, 3.05) is 10.6 Å². The molecular weight excluding hydrogens is 365 g/mol. The molecule has 138 valence electrons. The molecule has 0 aliphatic rings. The highest BCUT2D eigenvalue weighted by atomic mass is 32.1. The Hall–Kier alpha value is -3.07. The van der Waals surface area contributed by atoms with Crippen molar-refractivity contribution in [3.05, 3.63) is 52.5 Å². The summed E-state index contributed by atoms with van der Waals surface area (Å²) in [5.41, 5.74) is 3.62. The lowest BCUT2D eigenvalue weighted by molar-refractivity contribution is 0.617. The molecule has 0 aliphatic heterocycles. The largest absolute Gasteiger partial charge is 0.346 e. The molecule has 3 N–H and O–H groups in total. The van der Waals surface area contributed by atoms with Gasteiger partial charge in [0.05, 0.1) is 28.1 Å². The average molecular weight is 383 g/mol. The fourth-order valence-electron chi connectivity index (χ4n) is 2.70. The quantitative estimate of drug-likeness (QED) is 0.471. The Labute approximate surface area is 159 Å². The molecule has 4 aromatic heterocycles. The molecule has 0 aromatic carbocycles. The molecule has 4 aromatic rings. The van der Waals surface area contributed by atoms with Crippen molar-refractivity contribution >= 4 is 39.1 Å². The van der Waals surface area contributed by atoms with Crippen LogP contribution in [0.4, 0.5) is 22.0 Å². The lowest BCUT2D eigenvalue weighted by Crippen LogP contribution is -2.12. The number of nitrogens with one attached hydrogen (secondary N) is 3. The van der Waals surface area contributed by atoms with E-state index < -0.39 is 0 Å². The second kappa shape index (κ2) is 6.92. The number of anilines is 3. The van der Waals surface area contributed by atoms with Crippen LogP contribution < -0.4 is 10.6 Å². The van der Waals surface area contributed by atoms with Crippen LogP contribution in [-0.4, -0.2) is 25.1 Å². The van der Waals surface area contributed by atoms with E-state index in [0.29, 0.717) is 23.3 Å². The molecule has 0 saturated heterocycles. The molecule has 0 aliphatic carbocycles. The molecule has 0 unspecified atom stereocenters. The summed E-state index contributed by atoms with van der Waals surface area (Å²) >= 11 is 1.58. The minimum absolute atomic E-state index is 0.178. The van der Waals surface area contributed by atoms with Crippen LogP contribution in [0.3, 0.4) is 0 Å². The molecule has 4 rings (SSSR count). The van der Waals surface area contributed by atoms with Crippen molar-refractivity contribution in [2.45, 2.75) is 26.8 Å². The van der Waals surface area contributed by atoms with Gasteiger partial charge in [-0.05, 0) is 43.8 Å². The summed E-state index contributed by atoms with van der Waals surface area (Å²) in [6.07, 6.45) is 1.20. The third kappa shape index (κ3) is 3.59. The zero-order valence-corrected chi connectivity index (χ0v) is 15.9. The van der Waals surface area contributed by atoms with Gasteiger partial charge in [0.15, 0.2) is 11.6 Å². The maximum absolute atomic E-state index is 13.1. The minimum Gasteiger partial charge on any atom is -0.346 e. The van der Waals surface area contributed by atoms with E-state index in [9.17, 15) is 4.39 Å². The zero-order valence-electron chi connectivity index (χ0n) is 15.0. The fourth-order valence-corrected chi connectivity index (χ4v) is 3.63. The summed E-state index contributed by atoms with van der Waals surface area (Å²) in [5, 5.41) is 15.7. The first-order chi connectivity index (χ1) is 13.0. The van der Waals surface area contributed by atoms with E-state index in [-0.39, 0.29) is 11.9 Å². The maximum atomic E-state index is 13.1. The van der Waals surface area contributed by atoms with Crippen molar-refractivity contribution in [1.82, 2.24) is 25.1 Å². The van der Waals surface area contributed by atoms with E-state index in [4.69, 9.17) is 0 Å². The van der Waals surface area contributed by atoms with Crippen molar-refractivity contribution < 1.29 is 4.39 Å². The van der Waals surface area contributed by atoms with Gasteiger partial charge >= 0.3 is 0 Å². The Bertz CT molecular complexity index is 1090.